The van der Waals surface area contributed by atoms with E-state index >= 15 is 0 Å². The Labute approximate surface area is 198 Å². The number of nitrogens with zero attached hydrogens (tertiary/aromatic N) is 6. The molecule has 4 rings (SSSR count). The van der Waals surface area contributed by atoms with Gasteiger partial charge < -0.3 is 10.6 Å². The molecule has 4 N–H and O–H groups in total. The Balaban J connectivity index is 1.16. The molecular weight excluding hydrogens is 469 g/mol. The fourth-order valence-electron chi connectivity index (χ4n) is 3.44. The van der Waals surface area contributed by atoms with E-state index in [0.717, 1.165) is 0 Å². The lowest BCUT2D eigenvalue weighted by Gasteiger charge is -2.33. The lowest BCUT2D eigenvalue weighted by Crippen LogP contribution is -2.51. The Morgan fingerprint density at radius 1 is 1.31 bits per heavy atom. The number of rotatable bonds is 11. The van der Waals surface area contributed by atoms with Crippen molar-refractivity contribution < 1.29 is 22.8 Å². The molecule has 4 heterocycles. The van der Waals surface area contributed by atoms with Gasteiger partial charge in [0.2, 0.25) is 5.91 Å². The molecule has 2 aliphatic heterocycles. The first-order chi connectivity index (χ1) is 16.9. The number of likely N-dealkylation sites (tertiary alicyclic amines) is 1. The molecule has 2 amide bonds. The molecule has 1 fully saturated rings. The van der Waals surface area contributed by atoms with Crippen molar-refractivity contribution in [2.24, 2.45) is 0 Å². The summed E-state index contributed by atoms with van der Waals surface area (Å²) in [4.78, 5) is 29.7. The first kappa shape index (κ1) is 24.4. The predicted molar refractivity (Wildman–Crippen MR) is 117 cm³/mol. The minimum atomic E-state index is -1.27. The molecule has 1 saturated heterocycles. The van der Waals surface area contributed by atoms with Crippen LogP contribution in [0.15, 0.2) is 36.4 Å². The van der Waals surface area contributed by atoms with Crippen molar-refractivity contribution in [3.8, 4) is 0 Å². The van der Waals surface area contributed by atoms with Crippen LogP contribution in [0.3, 0.4) is 0 Å². The highest BCUT2D eigenvalue weighted by Gasteiger charge is 2.27. The van der Waals surface area contributed by atoms with Crippen LogP contribution in [0.2, 0.25) is 0 Å². The van der Waals surface area contributed by atoms with Gasteiger partial charge in [-0.2, -0.15) is 0 Å². The van der Waals surface area contributed by atoms with Crippen LogP contribution in [-0.2, 0) is 22.7 Å². The normalized spacial score (nSPS) is 16.9. The van der Waals surface area contributed by atoms with Crippen molar-refractivity contribution in [2.45, 2.75) is 31.9 Å². The van der Waals surface area contributed by atoms with E-state index in [9.17, 15) is 22.8 Å². The van der Waals surface area contributed by atoms with Gasteiger partial charge >= 0.3 is 0 Å². The highest BCUT2D eigenvalue weighted by atomic mass is 19.1. The maximum absolute atomic E-state index is 14.4. The molecule has 2 aromatic heterocycles. The van der Waals surface area contributed by atoms with Crippen LogP contribution in [-0.4, -0.2) is 80.2 Å². The minimum absolute atomic E-state index is 0.0590. The standard InChI is InChI=1S/C20H25F3N10O2/c21-13(9-33-11-18(28-30-33)26-19(34)12-31-7-14(22)8-31)3-5-32-10-17(27-29-32)20(35)25-6-16-15(23)2-1-4-24-16/h1-2,4,10-11,13-14,27,29H,3,5-9,12H2,(H,25,35)(H,26,34). The van der Waals surface area contributed by atoms with Crippen LogP contribution in [0.25, 0.3) is 0 Å². The smallest absolute Gasteiger partial charge is 0.270 e. The molecule has 12 nitrogen and oxygen atoms in total. The van der Waals surface area contributed by atoms with Gasteiger partial charge in [-0.15, -0.1) is 10.6 Å². The summed E-state index contributed by atoms with van der Waals surface area (Å²) in [5, 5.41) is 14.2. The van der Waals surface area contributed by atoms with E-state index in [4.69, 9.17) is 0 Å². The number of carbonyl (C=O) groups is 2. The van der Waals surface area contributed by atoms with E-state index in [2.05, 4.69) is 36.9 Å². The molecule has 0 bridgehead atoms. The Morgan fingerprint density at radius 2 is 2.14 bits per heavy atom. The van der Waals surface area contributed by atoms with Crippen molar-refractivity contribution in [1.29, 1.82) is 0 Å². The van der Waals surface area contributed by atoms with Gasteiger partial charge in [0, 0.05) is 32.0 Å². The summed E-state index contributed by atoms with van der Waals surface area (Å²) in [7, 11) is 0. The number of alkyl halides is 2. The van der Waals surface area contributed by atoms with Gasteiger partial charge in [0.25, 0.3) is 5.91 Å². The van der Waals surface area contributed by atoms with Crippen LogP contribution < -0.4 is 21.6 Å². The quantitative estimate of drug-likeness (QED) is 0.330. The topological polar surface area (TPSA) is 132 Å². The van der Waals surface area contributed by atoms with Crippen molar-refractivity contribution >= 4 is 17.6 Å². The number of carbonyl (C=O) groups excluding carboxylic acids is 2. The summed E-state index contributed by atoms with van der Waals surface area (Å²) in [6.07, 6.45) is 2.27. The molecule has 0 radical (unpaired) electrons. The maximum atomic E-state index is 14.4. The zero-order chi connectivity index (χ0) is 24.8. The number of nitrogens with one attached hydrogen (secondary N) is 4. The van der Waals surface area contributed by atoms with Crippen molar-refractivity contribution in [2.75, 3.05) is 31.5 Å². The molecule has 1 unspecified atom stereocenters. The molecule has 188 valence electrons. The highest BCUT2D eigenvalue weighted by molar-refractivity contribution is 5.92. The number of hydrazine groups is 2. The van der Waals surface area contributed by atoms with E-state index in [1.807, 2.05) is 0 Å². The third-order valence-electron chi connectivity index (χ3n) is 5.27. The van der Waals surface area contributed by atoms with Crippen LogP contribution in [0.5, 0.6) is 0 Å². The van der Waals surface area contributed by atoms with Crippen LogP contribution >= 0.6 is 0 Å². The third-order valence-corrected chi connectivity index (χ3v) is 5.27. The molecule has 0 saturated carbocycles. The second-order valence-corrected chi connectivity index (χ2v) is 8.14. The Morgan fingerprint density at radius 3 is 2.91 bits per heavy atom. The van der Waals surface area contributed by atoms with Gasteiger partial charge in [-0.25, -0.2) is 17.9 Å². The van der Waals surface area contributed by atoms with Gasteiger partial charge in [-0.3, -0.25) is 29.9 Å². The third kappa shape index (κ3) is 6.89. The van der Waals surface area contributed by atoms with Crippen LogP contribution in [0, 0.1) is 5.82 Å². The number of halogens is 3. The predicted octanol–water partition coefficient (Wildman–Crippen LogP) is -0.385. The first-order valence-electron chi connectivity index (χ1n) is 10.9. The zero-order valence-electron chi connectivity index (χ0n) is 18.6. The Hall–Kier alpha value is -3.72. The summed E-state index contributed by atoms with van der Waals surface area (Å²) in [6.45, 7) is 0.613. The zero-order valence-corrected chi connectivity index (χ0v) is 18.6. The second-order valence-electron chi connectivity index (χ2n) is 8.14. The summed E-state index contributed by atoms with van der Waals surface area (Å²) in [5.74, 6) is -1.14. The SMILES string of the molecule is O=C(CN1CC(F)C1)Nc1cn(CC(F)CCN2C=C(C(=O)NCc3ncccc3F)NN2)nn1. The number of hydrogen-bond donors (Lipinski definition) is 4. The second kappa shape index (κ2) is 11.1. The molecule has 0 aromatic carbocycles. The maximum Gasteiger partial charge on any atom is 0.270 e. The van der Waals surface area contributed by atoms with E-state index in [1.165, 1.54) is 40.4 Å². The lowest BCUT2D eigenvalue weighted by atomic mass is 10.2. The van der Waals surface area contributed by atoms with Crippen LogP contribution in [0.1, 0.15) is 12.1 Å². The van der Waals surface area contributed by atoms with E-state index in [-0.39, 0.29) is 68.8 Å². The van der Waals surface area contributed by atoms with Crippen molar-refractivity contribution in [3.05, 3.63) is 47.9 Å². The van der Waals surface area contributed by atoms with Gasteiger partial charge in [-0.1, -0.05) is 5.21 Å². The summed E-state index contributed by atoms with van der Waals surface area (Å²) in [5.41, 5.74) is 5.71. The average Bonchev–Trinajstić information content (AvgIpc) is 3.45. The molecule has 2 aliphatic rings. The molecule has 1 atom stereocenters. The van der Waals surface area contributed by atoms with Gasteiger partial charge in [0.15, 0.2) is 5.82 Å². The van der Waals surface area contributed by atoms with Crippen molar-refractivity contribution in [1.82, 2.24) is 46.2 Å². The largest absolute Gasteiger partial charge is 0.345 e. The number of anilines is 1. The van der Waals surface area contributed by atoms with Gasteiger partial charge in [0.05, 0.1) is 31.5 Å². The molecule has 2 aromatic rings. The molecule has 0 spiro atoms. The molecule has 15 heteroatoms. The number of pyridine rings is 1. The number of aromatic nitrogens is 4. The van der Waals surface area contributed by atoms with E-state index in [1.54, 1.807) is 4.90 Å². The molecule has 0 aliphatic carbocycles. The van der Waals surface area contributed by atoms with Gasteiger partial charge in [0.1, 0.15) is 23.9 Å². The molecule has 35 heavy (non-hydrogen) atoms. The van der Waals surface area contributed by atoms with Crippen LogP contribution in [0.4, 0.5) is 19.0 Å². The lowest BCUT2D eigenvalue weighted by molar-refractivity contribution is -0.119. The summed E-state index contributed by atoms with van der Waals surface area (Å²) < 4.78 is 42.1. The average molecular weight is 494 g/mol. The molecular formula is C20H25F3N10O2. The monoisotopic (exact) mass is 494 g/mol. The highest BCUT2D eigenvalue weighted by Crippen LogP contribution is 2.12. The Kier molecular flexibility index (Phi) is 7.77. The van der Waals surface area contributed by atoms with E-state index < -0.39 is 24.1 Å². The number of amides is 2. The van der Waals surface area contributed by atoms with Crippen molar-refractivity contribution in [3.63, 3.8) is 0 Å². The summed E-state index contributed by atoms with van der Waals surface area (Å²) >= 11 is 0. The number of hydrogen-bond acceptors (Lipinski definition) is 9. The first-order valence-corrected chi connectivity index (χ1v) is 10.9. The summed E-state index contributed by atoms with van der Waals surface area (Å²) in [6, 6.07) is 2.71. The fourth-order valence-corrected chi connectivity index (χ4v) is 3.44. The Bertz CT molecular complexity index is 1070. The minimum Gasteiger partial charge on any atom is -0.345 e. The van der Waals surface area contributed by atoms with Gasteiger partial charge in [-0.05, 0) is 18.6 Å². The fraction of sp³-hybridized carbons (Fsp3) is 0.450. The van der Waals surface area contributed by atoms with E-state index in [0.29, 0.717) is 0 Å².